The lowest BCUT2D eigenvalue weighted by atomic mass is 9.82. The number of para-hydroxylation sites is 1. The molecule has 0 amide bonds. The average molecular weight is 698 g/mol. The number of aromatic nitrogens is 3. The van der Waals surface area contributed by atoms with Crippen LogP contribution < -0.4 is 0 Å². The molecule has 0 bridgehead atoms. The molecule has 9 aromatic rings. The van der Waals surface area contributed by atoms with Gasteiger partial charge in [0.15, 0.2) is 5.16 Å². The Kier molecular flexibility index (Phi) is 7.41. The summed E-state index contributed by atoms with van der Waals surface area (Å²) < 4.78 is 2.44. The van der Waals surface area contributed by atoms with Crippen molar-refractivity contribution in [2.45, 2.75) is 29.3 Å². The Hall–Kier alpha value is -6.23. The summed E-state index contributed by atoms with van der Waals surface area (Å²) in [5, 5.41) is 3.28. The van der Waals surface area contributed by atoms with E-state index in [-0.39, 0.29) is 5.41 Å². The van der Waals surface area contributed by atoms with Crippen molar-refractivity contribution < 1.29 is 0 Å². The quantitative estimate of drug-likeness (QED) is 0.162. The predicted molar refractivity (Wildman–Crippen MR) is 221 cm³/mol. The highest BCUT2D eigenvalue weighted by Crippen LogP contribution is 2.51. The van der Waals surface area contributed by atoms with Crippen LogP contribution in [0.15, 0.2) is 186 Å². The van der Waals surface area contributed by atoms with E-state index >= 15 is 0 Å². The van der Waals surface area contributed by atoms with Crippen LogP contribution in [0.3, 0.4) is 0 Å². The smallest absolute Gasteiger partial charge is 0.193 e. The second kappa shape index (κ2) is 12.5. The molecule has 53 heavy (non-hydrogen) atoms. The lowest BCUT2D eigenvalue weighted by molar-refractivity contribution is 0.661. The monoisotopic (exact) mass is 697 g/mol. The van der Waals surface area contributed by atoms with Gasteiger partial charge in [0, 0.05) is 37.9 Å². The zero-order valence-corrected chi connectivity index (χ0v) is 30.3. The molecule has 1 aliphatic carbocycles. The minimum absolute atomic E-state index is 0.0694. The van der Waals surface area contributed by atoms with Gasteiger partial charge in [-0.25, -0.2) is 9.97 Å². The van der Waals surface area contributed by atoms with Crippen LogP contribution in [-0.4, -0.2) is 14.5 Å². The summed E-state index contributed by atoms with van der Waals surface area (Å²) in [6, 6.07) is 63.0. The third-order valence-corrected chi connectivity index (χ3v) is 11.6. The molecule has 3 nitrogen and oxygen atoms in total. The van der Waals surface area contributed by atoms with E-state index in [2.05, 4.69) is 158 Å². The molecule has 0 fully saturated rings. The van der Waals surface area contributed by atoms with Gasteiger partial charge in [-0.3, -0.25) is 0 Å². The molecule has 0 spiro atoms. The first-order valence-electron chi connectivity index (χ1n) is 18.1. The number of fused-ring (bicyclic) bond motifs is 6. The summed E-state index contributed by atoms with van der Waals surface area (Å²) >= 11 is 1.59. The SMILES string of the molecule is CC1(C)c2ccccc2-c2cc3c4ccccc4n(-c4cccc(-c5ccc(Sc6nc(-c7ccccc7)cc(-c7ccccc7)n6)cc5)c4)c3cc21. The molecular formula is C49H35N3S. The molecule has 0 aliphatic heterocycles. The molecule has 0 saturated heterocycles. The van der Waals surface area contributed by atoms with Crippen molar-refractivity contribution in [3.8, 4) is 50.5 Å². The van der Waals surface area contributed by atoms with Crippen molar-refractivity contribution in [1.29, 1.82) is 0 Å². The average Bonchev–Trinajstić information content (AvgIpc) is 3.66. The van der Waals surface area contributed by atoms with Gasteiger partial charge in [-0.2, -0.15) is 0 Å². The van der Waals surface area contributed by atoms with Crippen LogP contribution in [0.5, 0.6) is 0 Å². The number of hydrogen-bond donors (Lipinski definition) is 0. The van der Waals surface area contributed by atoms with E-state index in [4.69, 9.17) is 9.97 Å². The normalized spacial score (nSPS) is 12.9. The van der Waals surface area contributed by atoms with Crippen molar-refractivity contribution in [2.24, 2.45) is 0 Å². The molecule has 7 aromatic carbocycles. The fourth-order valence-corrected chi connectivity index (χ4v) is 8.84. The van der Waals surface area contributed by atoms with E-state index < -0.39 is 0 Å². The summed E-state index contributed by atoms with van der Waals surface area (Å²) in [5.74, 6) is 0. The van der Waals surface area contributed by atoms with E-state index in [9.17, 15) is 0 Å². The van der Waals surface area contributed by atoms with Gasteiger partial charge in [-0.05, 0) is 93.7 Å². The maximum Gasteiger partial charge on any atom is 0.193 e. The Morgan fingerprint density at radius 2 is 1.09 bits per heavy atom. The molecule has 0 saturated carbocycles. The Labute approximate surface area is 313 Å². The van der Waals surface area contributed by atoms with E-state index in [1.807, 2.05) is 36.4 Å². The van der Waals surface area contributed by atoms with Crippen molar-refractivity contribution >= 4 is 33.6 Å². The Morgan fingerprint density at radius 3 is 1.83 bits per heavy atom. The first-order chi connectivity index (χ1) is 26.0. The molecule has 0 radical (unpaired) electrons. The summed E-state index contributed by atoms with van der Waals surface area (Å²) in [5.41, 5.74) is 15.3. The molecule has 1 aliphatic rings. The van der Waals surface area contributed by atoms with E-state index in [1.54, 1.807) is 11.8 Å². The highest BCUT2D eigenvalue weighted by Gasteiger charge is 2.36. The zero-order chi connectivity index (χ0) is 35.5. The highest BCUT2D eigenvalue weighted by molar-refractivity contribution is 7.99. The molecule has 0 unspecified atom stereocenters. The number of hydrogen-bond acceptors (Lipinski definition) is 3. The fourth-order valence-electron chi connectivity index (χ4n) is 8.07. The first kappa shape index (κ1) is 31.5. The van der Waals surface area contributed by atoms with Crippen molar-refractivity contribution in [3.63, 3.8) is 0 Å². The maximum atomic E-state index is 4.99. The molecule has 0 N–H and O–H groups in total. The van der Waals surface area contributed by atoms with Crippen LogP contribution in [0.2, 0.25) is 0 Å². The first-order valence-corrected chi connectivity index (χ1v) is 18.9. The topological polar surface area (TPSA) is 30.7 Å². The summed E-state index contributed by atoms with van der Waals surface area (Å²) in [6.45, 7) is 4.71. The zero-order valence-electron chi connectivity index (χ0n) is 29.5. The van der Waals surface area contributed by atoms with Gasteiger partial charge in [-0.15, -0.1) is 0 Å². The van der Waals surface area contributed by atoms with Crippen LogP contribution in [-0.2, 0) is 5.41 Å². The molecule has 252 valence electrons. The molecule has 10 rings (SSSR count). The van der Waals surface area contributed by atoms with Gasteiger partial charge >= 0.3 is 0 Å². The second-order valence-corrected chi connectivity index (χ2v) is 15.3. The van der Waals surface area contributed by atoms with Crippen LogP contribution in [0.25, 0.3) is 72.3 Å². The Balaban J connectivity index is 1.01. The predicted octanol–water partition coefficient (Wildman–Crippen LogP) is 13.0. The molecule has 2 aromatic heterocycles. The van der Waals surface area contributed by atoms with Gasteiger partial charge in [-0.1, -0.05) is 141 Å². The minimum atomic E-state index is -0.0694. The van der Waals surface area contributed by atoms with Crippen LogP contribution in [0, 0.1) is 0 Å². The highest BCUT2D eigenvalue weighted by atomic mass is 32.2. The maximum absolute atomic E-state index is 4.99. The van der Waals surface area contributed by atoms with Crippen LogP contribution in [0.4, 0.5) is 0 Å². The van der Waals surface area contributed by atoms with Crippen LogP contribution in [0.1, 0.15) is 25.0 Å². The molecule has 0 atom stereocenters. The van der Waals surface area contributed by atoms with Gasteiger partial charge in [0.25, 0.3) is 0 Å². The molecule has 2 heterocycles. The second-order valence-electron chi connectivity index (χ2n) is 14.3. The van der Waals surface area contributed by atoms with Crippen LogP contribution >= 0.6 is 11.8 Å². The van der Waals surface area contributed by atoms with Gasteiger partial charge in [0.05, 0.1) is 22.4 Å². The lowest BCUT2D eigenvalue weighted by Gasteiger charge is -2.21. The number of benzene rings is 7. The molecular weight excluding hydrogens is 663 g/mol. The summed E-state index contributed by atoms with van der Waals surface area (Å²) in [7, 11) is 0. The number of nitrogens with zero attached hydrogens (tertiary/aromatic N) is 3. The Morgan fingerprint density at radius 1 is 0.453 bits per heavy atom. The van der Waals surface area contributed by atoms with Gasteiger partial charge in [0.1, 0.15) is 0 Å². The minimum Gasteiger partial charge on any atom is -0.309 e. The van der Waals surface area contributed by atoms with Gasteiger partial charge in [0.2, 0.25) is 0 Å². The van der Waals surface area contributed by atoms with E-state index in [1.165, 1.54) is 55.2 Å². The summed E-state index contributed by atoms with van der Waals surface area (Å²) in [6.07, 6.45) is 0. The Bertz CT molecular complexity index is 2760. The molecule has 4 heteroatoms. The third-order valence-electron chi connectivity index (χ3n) is 10.7. The summed E-state index contributed by atoms with van der Waals surface area (Å²) in [4.78, 5) is 11.1. The van der Waals surface area contributed by atoms with Gasteiger partial charge < -0.3 is 4.57 Å². The van der Waals surface area contributed by atoms with Crippen molar-refractivity contribution in [3.05, 3.63) is 187 Å². The van der Waals surface area contributed by atoms with Crippen molar-refractivity contribution in [2.75, 3.05) is 0 Å². The number of rotatable bonds is 6. The fraction of sp³-hybridized carbons (Fsp3) is 0.0612. The largest absolute Gasteiger partial charge is 0.309 e. The van der Waals surface area contributed by atoms with E-state index in [0.29, 0.717) is 0 Å². The van der Waals surface area contributed by atoms with Crippen molar-refractivity contribution in [1.82, 2.24) is 14.5 Å². The lowest BCUT2D eigenvalue weighted by Crippen LogP contribution is -2.14. The third kappa shape index (κ3) is 5.37. The standard InChI is InChI=1S/C49H35N3S/c1-49(2)42-22-11-9-20-38(42)40-29-41-39-21-10-12-23-46(39)52(47(41)30-43(40)49)36-19-13-18-35(28-36)32-24-26-37(27-25-32)53-48-50-44(33-14-5-3-6-15-33)31-45(51-48)34-16-7-4-8-17-34/h3-31H,1-2H3. The van der Waals surface area contributed by atoms with E-state index in [0.717, 1.165) is 38.3 Å².